The third kappa shape index (κ3) is 3.01. The van der Waals surface area contributed by atoms with Crippen LogP contribution in [-0.2, 0) is 9.47 Å². The van der Waals surface area contributed by atoms with E-state index in [2.05, 4.69) is 6.92 Å². The first kappa shape index (κ1) is 13.3. The molecular weight excluding hydrogens is 216 g/mol. The second-order valence-electron chi connectivity index (χ2n) is 5.67. The highest BCUT2D eigenvalue weighted by molar-refractivity contribution is 4.92. The van der Waals surface area contributed by atoms with E-state index in [1.165, 1.54) is 25.7 Å². The van der Waals surface area contributed by atoms with Crippen molar-refractivity contribution in [1.82, 2.24) is 0 Å². The summed E-state index contributed by atoms with van der Waals surface area (Å²) in [5.74, 6) is -0.256. The molecule has 0 bridgehead atoms. The van der Waals surface area contributed by atoms with Crippen LogP contribution in [0.5, 0.6) is 0 Å². The molecule has 2 aliphatic rings. The number of unbranched alkanes of at least 4 members (excludes halogenated alkanes) is 1. The third-order valence-corrected chi connectivity index (χ3v) is 4.59. The number of aliphatic hydroxyl groups excluding tert-OH is 1. The molecule has 1 spiro atoms. The van der Waals surface area contributed by atoms with Crippen molar-refractivity contribution in [2.75, 3.05) is 19.8 Å². The molecule has 0 aromatic heterocycles. The largest absolute Gasteiger partial charge is 0.396 e. The third-order valence-electron chi connectivity index (χ3n) is 4.59. The van der Waals surface area contributed by atoms with Crippen LogP contribution in [0.3, 0.4) is 0 Å². The maximum atomic E-state index is 8.91. The zero-order valence-electron chi connectivity index (χ0n) is 11.0. The van der Waals surface area contributed by atoms with Crippen LogP contribution in [0.25, 0.3) is 0 Å². The van der Waals surface area contributed by atoms with Crippen LogP contribution in [-0.4, -0.2) is 30.7 Å². The molecule has 1 N–H and O–H groups in total. The van der Waals surface area contributed by atoms with Gasteiger partial charge in [-0.05, 0) is 31.1 Å². The van der Waals surface area contributed by atoms with Crippen molar-refractivity contribution in [1.29, 1.82) is 0 Å². The summed E-state index contributed by atoms with van der Waals surface area (Å²) in [5.41, 5.74) is 0.387. The van der Waals surface area contributed by atoms with E-state index in [9.17, 15) is 0 Å². The van der Waals surface area contributed by atoms with Crippen LogP contribution in [0, 0.1) is 5.41 Å². The van der Waals surface area contributed by atoms with E-state index < -0.39 is 0 Å². The molecule has 2 rings (SSSR count). The topological polar surface area (TPSA) is 38.7 Å². The minimum Gasteiger partial charge on any atom is -0.396 e. The zero-order valence-corrected chi connectivity index (χ0v) is 11.0. The van der Waals surface area contributed by atoms with Gasteiger partial charge in [-0.1, -0.05) is 19.8 Å². The lowest BCUT2D eigenvalue weighted by molar-refractivity contribution is -0.203. The Morgan fingerprint density at radius 2 is 1.88 bits per heavy atom. The number of ether oxygens (including phenoxy) is 2. The molecule has 1 aliphatic heterocycles. The minimum absolute atomic E-state index is 0.256. The highest BCUT2D eigenvalue weighted by Crippen LogP contribution is 2.50. The summed E-state index contributed by atoms with van der Waals surface area (Å²) in [4.78, 5) is 0. The van der Waals surface area contributed by atoms with Gasteiger partial charge in [0.05, 0.1) is 13.2 Å². The molecule has 0 radical (unpaired) electrons. The van der Waals surface area contributed by atoms with Gasteiger partial charge < -0.3 is 14.6 Å². The molecule has 1 atom stereocenters. The van der Waals surface area contributed by atoms with Crippen LogP contribution >= 0.6 is 0 Å². The molecule has 2 fully saturated rings. The molecule has 3 heteroatoms. The van der Waals surface area contributed by atoms with Crippen LogP contribution in [0.4, 0.5) is 0 Å². The van der Waals surface area contributed by atoms with Gasteiger partial charge in [0.15, 0.2) is 5.79 Å². The Morgan fingerprint density at radius 3 is 2.53 bits per heavy atom. The van der Waals surface area contributed by atoms with E-state index in [1.807, 2.05) is 0 Å². The quantitative estimate of drug-likeness (QED) is 0.753. The number of hydrogen-bond acceptors (Lipinski definition) is 3. The Bertz CT molecular complexity index is 236. The Kier molecular flexibility index (Phi) is 4.45. The molecule has 100 valence electrons. The number of rotatable bonds is 5. The van der Waals surface area contributed by atoms with E-state index in [1.54, 1.807) is 0 Å². The lowest BCUT2D eigenvalue weighted by Gasteiger charge is -2.45. The molecular formula is C14H26O3. The highest BCUT2D eigenvalue weighted by atomic mass is 16.7. The monoisotopic (exact) mass is 242 g/mol. The van der Waals surface area contributed by atoms with Gasteiger partial charge in [-0.3, -0.25) is 0 Å². The second kappa shape index (κ2) is 5.68. The van der Waals surface area contributed by atoms with Gasteiger partial charge in [0.25, 0.3) is 0 Å². The molecule has 1 heterocycles. The van der Waals surface area contributed by atoms with Gasteiger partial charge in [0, 0.05) is 19.4 Å². The SMILES string of the molecule is CC[C@@]1(CCCCO)CCCC2(C1)OCCO2. The summed E-state index contributed by atoms with van der Waals surface area (Å²) in [6.07, 6.45) is 9.09. The molecule has 0 aromatic carbocycles. The van der Waals surface area contributed by atoms with Gasteiger partial charge in [-0.25, -0.2) is 0 Å². The Labute approximate surface area is 104 Å². The van der Waals surface area contributed by atoms with E-state index in [4.69, 9.17) is 14.6 Å². The van der Waals surface area contributed by atoms with Crippen molar-refractivity contribution >= 4 is 0 Å². The summed E-state index contributed by atoms with van der Waals surface area (Å²) in [7, 11) is 0. The van der Waals surface area contributed by atoms with E-state index in [-0.39, 0.29) is 5.79 Å². The summed E-state index contributed by atoms with van der Waals surface area (Å²) in [5, 5.41) is 8.91. The van der Waals surface area contributed by atoms with Crippen LogP contribution in [0.15, 0.2) is 0 Å². The summed E-state index contributed by atoms with van der Waals surface area (Å²) in [6, 6.07) is 0. The average Bonchev–Trinajstić information content (AvgIpc) is 2.78. The maximum Gasteiger partial charge on any atom is 0.169 e. The molecule has 3 nitrogen and oxygen atoms in total. The fraction of sp³-hybridized carbons (Fsp3) is 1.00. The predicted octanol–water partition coefficient (Wildman–Crippen LogP) is 2.86. The first-order chi connectivity index (χ1) is 8.24. The highest BCUT2D eigenvalue weighted by Gasteiger charge is 2.47. The summed E-state index contributed by atoms with van der Waals surface area (Å²) < 4.78 is 11.7. The van der Waals surface area contributed by atoms with E-state index in [0.29, 0.717) is 12.0 Å². The molecule has 0 amide bonds. The van der Waals surface area contributed by atoms with Gasteiger partial charge in [0.1, 0.15) is 0 Å². The predicted molar refractivity (Wildman–Crippen MR) is 66.8 cm³/mol. The second-order valence-corrected chi connectivity index (χ2v) is 5.67. The molecule has 0 aromatic rings. The first-order valence-electron chi connectivity index (χ1n) is 7.13. The van der Waals surface area contributed by atoms with Crippen molar-refractivity contribution in [2.45, 2.75) is 64.1 Å². The van der Waals surface area contributed by atoms with Crippen molar-refractivity contribution in [2.24, 2.45) is 5.41 Å². The summed E-state index contributed by atoms with van der Waals surface area (Å²) in [6.45, 7) is 4.12. The number of hydrogen-bond donors (Lipinski definition) is 1. The Morgan fingerprint density at radius 1 is 1.12 bits per heavy atom. The normalized spacial score (nSPS) is 32.1. The fourth-order valence-corrected chi connectivity index (χ4v) is 3.53. The van der Waals surface area contributed by atoms with Gasteiger partial charge in [-0.15, -0.1) is 0 Å². The van der Waals surface area contributed by atoms with Crippen molar-refractivity contribution in [3.63, 3.8) is 0 Å². The molecule has 1 saturated carbocycles. The van der Waals surface area contributed by atoms with E-state index in [0.717, 1.165) is 38.9 Å². The maximum absolute atomic E-state index is 8.91. The van der Waals surface area contributed by atoms with Gasteiger partial charge in [-0.2, -0.15) is 0 Å². The molecule has 1 saturated heterocycles. The molecule has 0 unspecified atom stereocenters. The fourth-order valence-electron chi connectivity index (χ4n) is 3.53. The minimum atomic E-state index is -0.256. The molecule has 1 aliphatic carbocycles. The number of aliphatic hydroxyl groups is 1. The summed E-state index contributed by atoms with van der Waals surface area (Å²) >= 11 is 0. The Balaban J connectivity index is 1.96. The average molecular weight is 242 g/mol. The van der Waals surface area contributed by atoms with Crippen LogP contribution in [0.1, 0.15) is 58.3 Å². The molecule has 17 heavy (non-hydrogen) atoms. The van der Waals surface area contributed by atoms with Crippen molar-refractivity contribution < 1.29 is 14.6 Å². The lowest BCUT2D eigenvalue weighted by atomic mass is 9.67. The Hall–Kier alpha value is -0.120. The van der Waals surface area contributed by atoms with Crippen molar-refractivity contribution in [3.8, 4) is 0 Å². The van der Waals surface area contributed by atoms with Gasteiger partial charge >= 0.3 is 0 Å². The van der Waals surface area contributed by atoms with Crippen molar-refractivity contribution in [3.05, 3.63) is 0 Å². The smallest absolute Gasteiger partial charge is 0.169 e. The zero-order chi connectivity index (χ0) is 12.2. The first-order valence-corrected chi connectivity index (χ1v) is 7.13. The standard InChI is InChI=1S/C14H26O3/c1-2-13(6-3-4-9-15)7-5-8-14(12-13)16-10-11-17-14/h15H,2-12H2,1H3/t13-/m1/s1. The van der Waals surface area contributed by atoms with E-state index >= 15 is 0 Å². The van der Waals surface area contributed by atoms with Gasteiger partial charge in [0.2, 0.25) is 0 Å². The lowest BCUT2D eigenvalue weighted by Crippen LogP contribution is -2.42. The van der Waals surface area contributed by atoms with Crippen LogP contribution in [0.2, 0.25) is 0 Å². The van der Waals surface area contributed by atoms with Crippen LogP contribution < -0.4 is 0 Å².